The van der Waals surface area contributed by atoms with Crippen LogP contribution in [0.4, 0.5) is 22.1 Å². The Balaban J connectivity index is 1.50. The maximum Gasteiger partial charge on any atom is 0.417 e. The van der Waals surface area contributed by atoms with E-state index in [1.165, 1.54) is 0 Å². The molecule has 0 spiro atoms. The van der Waals surface area contributed by atoms with Gasteiger partial charge in [-0.2, -0.15) is 0 Å². The third-order valence-corrected chi connectivity index (χ3v) is 6.30. The van der Waals surface area contributed by atoms with E-state index in [0.29, 0.717) is 23.0 Å². The first-order chi connectivity index (χ1) is 18.3. The van der Waals surface area contributed by atoms with Gasteiger partial charge in [0, 0.05) is 43.8 Å². The molecule has 0 aliphatic heterocycles. The van der Waals surface area contributed by atoms with Crippen molar-refractivity contribution in [3.8, 4) is 17.1 Å². The Kier molecular flexibility index (Phi) is 8.06. The van der Waals surface area contributed by atoms with Crippen LogP contribution in [0, 0.1) is 6.92 Å². The maximum atomic E-state index is 12.7. The largest absolute Gasteiger partial charge is 0.417 e. The number of hydrogen-bond donors (Lipinski definition) is 3. The zero-order valence-electron chi connectivity index (χ0n) is 22.3. The zero-order chi connectivity index (χ0) is 27.2. The second-order valence-corrected chi connectivity index (χ2v) is 8.84. The summed E-state index contributed by atoms with van der Waals surface area (Å²) in [7, 11) is 3.46. The standard InChI is InChI=1S/C29H32N6O3/c1-6-19-9-8-10-20(7-2)26(19)34-29(37)38-22-16-25(35(5)17-22)24-13-14-31-28(33-24)32-23-12-11-21(15-18(23)3)27(36)30-4/h8-17H,6-7H2,1-5H3,(H,30,36)(H,34,37)(H,31,32,33). The van der Waals surface area contributed by atoms with Crippen LogP contribution in [-0.4, -0.2) is 33.6 Å². The molecule has 9 nitrogen and oxygen atoms in total. The van der Waals surface area contributed by atoms with Gasteiger partial charge >= 0.3 is 6.09 Å². The van der Waals surface area contributed by atoms with Gasteiger partial charge in [-0.3, -0.25) is 10.1 Å². The van der Waals surface area contributed by atoms with Gasteiger partial charge < -0.3 is 19.9 Å². The van der Waals surface area contributed by atoms with Crippen LogP contribution in [-0.2, 0) is 19.9 Å². The lowest BCUT2D eigenvalue weighted by atomic mass is 10.0. The first-order valence-electron chi connectivity index (χ1n) is 12.5. The highest BCUT2D eigenvalue weighted by Gasteiger charge is 2.15. The van der Waals surface area contributed by atoms with Crippen LogP contribution in [0.5, 0.6) is 5.75 Å². The van der Waals surface area contributed by atoms with Crippen molar-refractivity contribution in [1.82, 2.24) is 19.9 Å². The van der Waals surface area contributed by atoms with Gasteiger partial charge in [0.2, 0.25) is 5.95 Å². The third-order valence-electron chi connectivity index (χ3n) is 6.30. The van der Waals surface area contributed by atoms with E-state index in [4.69, 9.17) is 4.74 Å². The van der Waals surface area contributed by atoms with Gasteiger partial charge in [-0.15, -0.1) is 0 Å². The summed E-state index contributed by atoms with van der Waals surface area (Å²) in [6, 6.07) is 14.9. The van der Waals surface area contributed by atoms with E-state index in [0.717, 1.165) is 46.6 Å². The SMILES string of the molecule is CCc1cccc(CC)c1NC(=O)Oc1cc(-c2ccnc(Nc3ccc(C(=O)NC)cc3C)n2)n(C)c1. The van der Waals surface area contributed by atoms with E-state index in [1.54, 1.807) is 43.7 Å². The molecule has 38 heavy (non-hydrogen) atoms. The summed E-state index contributed by atoms with van der Waals surface area (Å²) in [5.41, 5.74) is 6.61. The Bertz CT molecular complexity index is 1450. The Morgan fingerprint density at radius 3 is 2.42 bits per heavy atom. The number of rotatable bonds is 8. The van der Waals surface area contributed by atoms with Gasteiger partial charge in [-0.1, -0.05) is 32.0 Å². The number of hydrogen-bond acceptors (Lipinski definition) is 6. The number of nitrogens with zero attached hydrogens (tertiary/aromatic N) is 3. The zero-order valence-corrected chi connectivity index (χ0v) is 22.3. The molecule has 0 fully saturated rings. The first-order valence-corrected chi connectivity index (χ1v) is 12.5. The van der Waals surface area contributed by atoms with Gasteiger partial charge in [0.1, 0.15) is 0 Å². The number of amides is 2. The number of aromatic nitrogens is 3. The van der Waals surface area contributed by atoms with Crippen LogP contribution < -0.4 is 20.7 Å². The van der Waals surface area contributed by atoms with Crippen molar-refractivity contribution in [3.63, 3.8) is 0 Å². The fourth-order valence-electron chi connectivity index (χ4n) is 4.25. The summed E-state index contributed by atoms with van der Waals surface area (Å²) in [6.07, 6.45) is 4.46. The molecule has 0 aliphatic rings. The number of para-hydroxylation sites is 1. The molecule has 4 rings (SSSR count). The molecule has 4 aromatic rings. The highest BCUT2D eigenvalue weighted by Crippen LogP contribution is 2.27. The van der Waals surface area contributed by atoms with Crippen molar-refractivity contribution in [3.05, 3.63) is 83.2 Å². The highest BCUT2D eigenvalue weighted by molar-refractivity contribution is 5.94. The van der Waals surface area contributed by atoms with Gasteiger partial charge in [-0.05, 0) is 60.7 Å². The van der Waals surface area contributed by atoms with Crippen LogP contribution in [0.2, 0.25) is 0 Å². The molecule has 0 saturated heterocycles. The summed E-state index contributed by atoms with van der Waals surface area (Å²) < 4.78 is 7.46. The van der Waals surface area contributed by atoms with Crippen molar-refractivity contribution in [2.24, 2.45) is 7.05 Å². The minimum absolute atomic E-state index is 0.145. The normalized spacial score (nSPS) is 10.7. The Morgan fingerprint density at radius 2 is 1.76 bits per heavy atom. The summed E-state index contributed by atoms with van der Waals surface area (Å²) in [4.78, 5) is 33.6. The number of carbonyl (C=O) groups is 2. The second-order valence-electron chi connectivity index (χ2n) is 8.84. The van der Waals surface area contributed by atoms with Crippen molar-refractivity contribution in [2.45, 2.75) is 33.6 Å². The molecule has 0 bridgehead atoms. The first kappa shape index (κ1) is 26.4. The number of benzene rings is 2. The lowest BCUT2D eigenvalue weighted by Crippen LogP contribution is -2.18. The van der Waals surface area contributed by atoms with E-state index >= 15 is 0 Å². The molecule has 0 radical (unpaired) electrons. The van der Waals surface area contributed by atoms with Crippen molar-refractivity contribution in [2.75, 3.05) is 17.7 Å². The van der Waals surface area contributed by atoms with Crippen LogP contribution in [0.3, 0.4) is 0 Å². The fourth-order valence-corrected chi connectivity index (χ4v) is 4.25. The van der Waals surface area contributed by atoms with E-state index in [1.807, 2.05) is 42.8 Å². The predicted molar refractivity (Wildman–Crippen MR) is 149 cm³/mol. The van der Waals surface area contributed by atoms with E-state index in [2.05, 4.69) is 39.8 Å². The van der Waals surface area contributed by atoms with Gasteiger partial charge in [-0.25, -0.2) is 14.8 Å². The van der Waals surface area contributed by atoms with Crippen LogP contribution in [0.1, 0.15) is 40.9 Å². The van der Waals surface area contributed by atoms with E-state index in [-0.39, 0.29) is 5.91 Å². The van der Waals surface area contributed by atoms with E-state index in [9.17, 15) is 9.59 Å². The number of nitrogens with one attached hydrogen (secondary N) is 3. The second kappa shape index (κ2) is 11.6. The predicted octanol–water partition coefficient (Wildman–Crippen LogP) is 5.63. The Labute approximate surface area is 222 Å². The molecule has 0 saturated carbocycles. The van der Waals surface area contributed by atoms with E-state index < -0.39 is 6.09 Å². The lowest BCUT2D eigenvalue weighted by Gasteiger charge is -2.13. The van der Waals surface area contributed by atoms with Crippen LogP contribution >= 0.6 is 0 Å². The molecule has 2 aromatic carbocycles. The molecule has 2 amide bonds. The molecule has 0 atom stereocenters. The minimum atomic E-state index is -0.543. The van der Waals surface area contributed by atoms with Crippen molar-refractivity contribution < 1.29 is 14.3 Å². The third kappa shape index (κ3) is 5.83. The summed E-state index contributed by atoms with van der Waals surface area (Å²) in [5.74, 6) is 0.664. The molecule has 2 heterocycles. The molecule has 9 heteroatoms. The monoisotopic (exact) mass is 512 g/mol. The fraction of sp³-hybridized carbons (Fsp3) is 0.241. The Hall–Kier alpha value is -4.66. The summed E-state index contributed by atoms with van der Waals surface area (Å²) in [6.45, 7) is 6.02. The number of anilines is 3. The quantitative estimate of drug-likeness (QED) is 0.282. The Morgan fingerprint density at radius 1 is 1.03 bits per heavy atom. The van der Waals surface area contributed by atoms with Crippen molar-refractivity contribution >= 4 is 29.3 Å². The molecule has 3 N–H and O–H groups in total. The minimum Gasteiger partial charge on any atom is -0.408 e. The topological polar surface area (TPSA) is 110 Å². The highest BCUT2D eigenvalue weighted by atomic mass is 16.6. The van der Waals surface area contributed by atoms with Gasteiger partial charge in [0.15, 0.2) is 5.75 Å². The number of aryl methyl sites for hydroxylation is 4. The molecule has 2 aromatic heterocycles. The molecular weight excluding hydrogens is 480 g/mol. The van der Waals surface area contributed by atoms with Gasteiger partial charge in [0.05, 0.1) is 17.1 Å². The molecule has 0 unspecified atom stereocenters. The lowest BCUT2D eigenvalue weighted by molar-refractivity contribution is 0.0963. The molecule has 196 valence electrons. The molecule has 0 aliphatic carbocycles. The maximum absolute atomic E-state index is 12.7. The molecular formula is C29H32N6O3. The average molecular weight is 513 g/mol. The van der Waals surface area contributed by atoms with Gasteiger partial charge in [0.25, 0.3) is 5.91 Å². The van der Waals surface area contributed by atoms with Crippen molar-refractivity contribution in [1.29, 1.82) is 0 Å². The average Bonchev–Trinajstić information content (AvgIpc) is 3.29. The van der Waals surface area contributed by atoms with Crippen LogP contribution in [0.25, 0.3) is 11.4 Å². The van der Waals surface area contributed by atoms with Crippen LogP contribution in [0.15, 0.2) is 60.9 Å². The number of carbonyl (C=O) groups excluding carboxylic acids is 2. The smallest absolute Gasteiger partial charge is 0.408 e. The summed E-state index contributed by atoms with van der Waals surface area (Å²) in [5, 5.41) is 8.76. The summed E-state index contributed by atoms with van der Waals surface area (Å²) >= 11 is 0. The number of ether oxygens (including phenoxy) is 1.